The van der Waals surface area contributed by atoms with Crippen molar-refractivity contribution in [3.63, 3.8) is 0 Å². The molecule has 1 N–H and O–H groups in total. The summed E-state index contributed by atoms with van der Waals surface area (Å²) in [5.74, 6) is 0.0619. The number of nitrogens with one attached hydrogen (secondary N) is 1. The molecule has 0 radical (unpaired) electrons. The van der Waals surface area contributed by atoms with Crippen molar-refractivity contribution in [1.29, 1.82) is 0 Å². The van der Waals surface area contributed by atoms with Crippen LogP contribution >= 0.6 is 0 Å². The van der Waals surface area contributed by atoms with Crippen LogP contribution in [0, 0.1) is 0 Å². The first-order valence-corrected chi connectivity index (χ1v) is 6.75. The lowest BCUT2D eigenvalue weighted by atomic mass is 9.95. The van der Waals surface area contributed by atoms with Crippen LogP contribution < -0.4 is 5.32 Å². The third-order valence-corrected chi connectivity index (χ3v) is 3.45. The quantitative estimate of drug-likeness (QED) is 0.868. The second-order valence-electron chi connectivity index (χ2n) is 4.75. The molecule has 3 heteroatoms. The third kappa shape index (κ3) is 3.33. The molecule has 0 bridgehead atoms. The summed E-state index contributed by atoms with van der Waals surface area (Å²) in [6, 6.07) is 9.96. The van der Waals surface area contributed by atoms with Gasteiger partial charge in [0.1, 0.15) is 0 Å². The Bertz CT molecular complexity index is 371. The van der Waals surface area contributed by atoms with Crippen LogP contribution in [0.2, 0.25) is 0 Å². The van der Waals surface area contributed by atoms with E-state index >= 15 is 0 Å². The third-order valence-electron chi connectivity index (χ3n) is 3.45. The van der Waals surface area contributed by atoms with Crippen molar-refractivity contribution >= 4 is 5.91 Å². The highest BCUT2D eigenvalue weighted by molar-refractivity contribution is 5.83. The van der Waals surface area contributed by atoms with Crippen molar-refractivity contribution < 1.29 is 9.53 Å². The van der Waals surface area contributed by atoms with E-state index in [0.29, 0.717) is 6.54 Å². The molecule has 1 aliphatic heterocycles. The van der Waals surface area contributed by atoms with E-state index in [2.05, 4.69) is 5.32 Å². The van der Waals surface area contributed by atoms with Gasteiger partial charge < -0.3 is 10.1 Å². The highest BCUT2D eigenvalue weighted by Gasteiger charge is 2.21. The van der Waals surface area contributed by atoms with Crippen LogP contribution in [-0.4, -0.2) is 25.2 Å². The lowest BCUT2D eigenvalue weighted by molar-refractivity contribution is -0.123. The van der Waals surface area contributed by atoms with Gasteiger partial charge in [-0.15, -0.1) is 0 Å². The molecule has 1 aromatic carbocycles. The SMILES string of the molecule is CC[C@@H](C(=O)NC[C@H]1CCCO1)c1ccccc1. The molecule has 0 spiro atoms. The van der Waals surface area contributed by atoms with Gasteiger partial charge in [-0.25, -0.2) is 0 Å². The van der Waals surface area contributed by atoms with Gasteiger partial charge in [0.15, 0.2) is 0 Å². The lowest BCUT2D eigenvalue weighted by Crippen LogP contribution is -2.35. The molecule has 1 heterocycles. The Morgan fingerprint density at radius 2 is 2.22 bits per heavy atom. The van der Waals surface area contributed by atoms with Crippen LogP contribution in [-0.2, 0) is 9.53 Å². The van der Waals surface area contributed by atoms with E-state index in [9.17, 15) is 4.79 Å². The second-order valence-corrected chi connectivity index (χ2v) is 4.75. The summed E-state index contributed by atoms with van der Waals surface area (Å²) in [6.45, 7) is 3.52. The second kappa shape index (κ2) is 6.55. The standard InChI is InChI=1S/C15H21NO2/c1-2-14(12-7-4-3-5-8-12)15(17)16-11-13-9-6-10-18-13/h3-5,7-8,13-14H,2,6,9-11H2,1H3,(H,16,17)/t13-,14-/m1/s1. The number of hydrogen-bond acceptors (Lipinski definition) is 2. The summed E-state index contributed by atoms with van der Waals surface area (Å²) >= 11 is 0. The van der Waals surface area contributed by atoms with Crippen molar-refractivity contribution in [1.82, 2.24) is 5.32 Å². The average Bonchev–Trinajstić information content (AvgIpc) is 2.92. The van der Waals surface area contributed by atoms with E-state index < -0.39 is 0 Å². The Hall–Kier alpha value is -1.35. The summed E-state index contributed by atoms with van der Waals surface area (Å²) in [5, 5.41) is 3.01. The van der Waals surface area contributed by atoms with E-state index in [1.165, 1.54) is 0 Å². The monoisotopic (exact) mass is 247 g/mol. The lowest BCUT2D eigenvalue weighted by Gasteiger charge is -2.17. The van der Waals surface area contributed by atoms with Crippen molar-refractivity contribution in [2.24, 2.45) is 0 Å². The number of carbonyl (C=O) groups is 1. The van der Waals surface area contributed by atoms with E-state index in [0.717, 1.165) is 31.4 Å². The fraction of sp³-hybridized carbons (Fsp3) is 0.533. The fourth-order valence-corrected chi connectivity index (χ4v) is 2.40. The maximum atomic E-state index is 12.2. The summed E-state index contributed by atoms with van der Waals surface area (Å²) < 4.78 is 5.51. The maximum Gasteiger partial charge on any atom is 0.227 e. The van der Waals surface area contributed by atoms with Gasteiger partial charge in [-0.1, -0.05) is 37.3 Å². The fourth-order valence-electron chi connectivity index (χ4n) is 2.40. The molecule has 2 atom stereocenters. The van der Waals surface area contributed by atoms with Gasteiger partial charge in [0.05, 0.1) is 12.0 Å². The highest BCUT2D eigenvalue weighted by Crippen LogP contribution is 2.19. The van der Waals surface area contributed by atoms with E-state index in [-0.39, 0.29) is 17.9 Å². The first kappa shape index (κ1) is 13.1. The molecule has 0 aromatic heterocycles. The van der Waals surface area contributed by atoms with Crippen LogP contribution in [0.15, 0.2) is 30.3 Å². The minimum absolute atomic E-state index is 0.0485. The predicted molar refractivity (Wildman–Crippen MR) is 71.5 cm³/mol. The molecule has 1 fully saturated rings. The molecule has 0 saturated carbocycles. The largest absolute Gasteiger partial charge is 0.376 e. The molecule has 1 saturated heterocycles. The molecule has 1 amide bonds. The maximum absolute atomic E-state index is 12.2. The number of ether oxygens (including phenoxy) is 1. The van der Waals surface area contributed by atoms with Crippen LogP contribution in [0.4, 0.5) is 0 Å². The molecule has 1 aliphatic rings. The highest BCUT2D eigenvalue weighted by atomic mass is 16.5. The van der Waals surface area contributed by atoms with Crippen molar-refractivity contribution in [2.45, 2.75) is 38.2 Å². The van der Waals surface area contributed by atoms with E-state index in [4.69, 9.17) is 4.74 Å². The Balaban J connectivity index is 1.89. The van der Waals surface area contributed by atoms with E-state index in [1.54, 1.807) is 0 Å². The molecule has 1 aromatic rings. The molecule has 2 rings (SSSR count). The Morgan fingerprint density at radius 3 is 2.83 bits per heavy atom. The molecule has 98 valence electrons. The predicted octanol–water partition coefficient (Wildman–Crippen LogP) is 2.48. The number of amides is 1. The van der Waals surface area contributed by atoms with Gasteiger partial charge in [0.2, 0.25) is 5.91 Å². The number of benzene rings is 1. The number of carbonyl (C=O) groups excluding carboxylic acids is 1. The van der Waals surface area contributed by atoms with Gasteiger partial charge in [-0.2, -0.15) is 0 Å². The number of hydrogen-bond donors (Lipinski definition) is 1. The van der Waals surface area contributed by atoms with Crippen molar-refractivity contribution in [3.05, 3.63) is 35.9 Å². The van der Waals surface area contributed by atoms with Crippen LogP contribution in [0.25, 0.3) is 0 Å². The molecule has 0 aliphatic carbocycles. The van der Waals surface area contributed by atoms with Crippen LogP contribution in [0.1, 0.15) is 37.7 Å². The summed E-state index contributed by atoms with van der Waals surface area (Å²) in [7, 11) is 0. The normalized spacial score (nSPS) is 20.6. The van der Waals surface area contributed by atoms with Gasteiger partial charge in [0, 0.05) is 13.2 Å². The Morgan fingerprint density at radius 1 is 1.44 bits per heavy atom. The molecule has 3 nitrogen and oxygen atoms in total. The first-order valence-electron chi connectivity index (χ1n) is 6.75. The first-order chi connectivity index (χ1) is 8.81. The average molecular weight is 247 g/mol. The van der Waals surface area contributed by atoms with Gasteiger partial charge in [-0.05, 0) is 24.8 Å². The Kier molecular flexibility index (Phi) is 4.76. The van der Waals surface area contributed by atoms with Crippen LogP contribution in [0.5, 0.6) is 0 Å². The summed E-state index contributed by atoms with van der Waals surface area (Å²) in [5.41, 5.74) is 1.09. The minimum atomic E-state index is -0.0485. The van der Waals surface area contributed by atoms with E-state index in [1.807, 2.05) is 37.3 Å². The molecule has 0 unspecified atom stereocenters. The number of rotatable bonds is 5. The zero-order chi connectivity index (χ0) is 12.8. The zero-order valence-corrected chi connectivity index (χ0v) is 10.9. The van der Waals surface area contributed by atoms with Crippen molar-refractivity contribution in [2.75, 3.05) is 13.2 Å². The molecular weight excluding hydrogens is 226 g/mol. The topological polar surface area (TPSA) is 38.3 Å². The van der Waals surface area contributed by atoms with Crippen molar-refractivity contribution in [3.8, 4) is 0 Å². The van der Waals surface area contributed by atoms with Gasteiger partial charge in [-0.3, -0.25) is 4.79 Å². The van der Waals surface area contributed by atoms with Gasteiger partial charge in [0.25, 0.3) is 0 Å². The molecular formula is C15H21NO2. The van der Waals surface area contributed by atoms with Crippen LogP contribution in [0.3, 0.4) is 0 Å². The zero-order valence-electron chi connectivity index (χ0n) is 10.9. The Labute approximate surface area is 109 Å². The summed E-state index contributed by atoms with van der Waals surface area (Å²) in [6.07, 6.45) is 3.20. The van der Waals surface area contributed by atoms with Gasteiger partial charge >= 0.3 is 0 Å². The minimum Gasteiger partial charge on any atom is -0.376 e. The smallest absolute Gasteiger partial charge is 0.227 e. The summed E-state index contributed by atoms with van der Waals surface area (Å²) in [4.78, 5) is 12.2. The molecule has 18 heavy (non-hydrogen) atoms.